The van der Waals surface area contributed by atoms with Crippen LogP contribution < -0.4 is 19.7 Å². The monoisotopic (exact) mass is 432 g/mol. The van der Waals surface area contributed by atoms with Gasteiger partial charge in [-0.05, 0) is 44.4 Å². The minimum absolute atomic E-state index is 0.103. The average Bonchev–Trinajstić information content (AvgIpc) is 3.25. The van der Waals surface area contributed by atoms with Gasteiger partial charge in [0, 0.05) is 47.9 Å². The number of anilines is 1. The lowest BCUT2D eigenvalue weighted by molar-refractivity contribution is 0.300. The fourth-order valence-electron chi connectivity index (χ4n) is 4.40. The second-order valence-electron chi connectivity index (χ2n) is 9.39. The van der Waals surface area contributed by atoms with Crippen molar-refractivity contribution < 1.29 is 9.47 Å². The minimum Gasteiger partial charge on any atom is -0.486 e. The van der Waals surface area contributed by atoms with E-state index in [1.54, 1.807) is 13.3 Å². The predicted molar refractivity (Wildman–Crippen MR) is 123 cm³/mol. The van der Waals surface area contributed by atoms with E-state index in [0.717, 1.165) is 59.0 Å². The van der Waals surface area contributed by atoms with E-state index in [4.69, 9.17) is 9.47 Å². The van der Waals surface area contributed by atoms with E-state index >= 15 is 0 Å². The van der Waals surface area contributed by atoms with E-state index in [1.807, 2.05) is 12.1 Å². The summed E-state index contributed by atoms with van der Waals surface area (Å²) in [6.45, 7) is 8.98. The smallest absolute Gasteiger partial charge is 0.233 e. The van der Waals surface area contributed by atoms with Gasteiger partial charge in [0.2, 0.25) is 5.88 Å². The van der Waals surface area contributed by atoms with Gasteiger partial charge in [-0.3, -0.25) is 0 Å². The van der Waals surface area contributed by atoms with Gasteiger partial charge in [-0.15, -0.1) is 15.3 Å². The molecule has 3 aromatic rings. The third kappa shape index (κ3) is 4.10. The molecule has 1 saturated heterocycles. The number of hydrogen-bond acceptors (Lipinski definition) is 8. The van der Waals surface area contributed by atoms with Gasteiger partial charge in [-0.25, -0.2) is 0 Å². The molecule has 166 valence electrons. The molecule has 0 aliphatic carbocycles. The summed E-state index contributed by atoms with van der Waals surface area (Å²) in [7, 11) is 1.59. The normalized spacial score (nSPS) is 17.5. The molecule has 2 aliphatic heterocycles. The summed E-state index contributed by atoms with van der Waals surface area (Å²) in [5.41, 5.74) is 4.99. The van der Waals surface area contributed by atoms with Crippen LogP contribution in [-0.4, -0.2) is 52.2 Å². The van der Waals surface area contributed by atoms with Crippen molar-refractivity contribution in [3.05, 3.63) is 42.1 Å². The Morgan fingerprint density at radius 1 is 1.09 bits per heavy atom. The van der Waals surface area contributed by atoms with Crippen LogP contribution in [0, 0.1) is 0 Å². The first kappa shape index (κ1) is 20.6. The predicted octanol–water partition coefficient (Wildman–Crippen LogP) is 3.47. The highest BCUT2D eigenvalue weighted by Gasteiger charge is 2.28. The number of rotatable bonds is 4. The van der Waals surface area contributed by atoms with Crippen molar-refractivity contribution in [3.63, 3.8) is 0 Å². The molecule has 8 nitrogen and oxygen atoms in total. The van der Waals surface area contributed by atoms with Gasteiger partial charge < -0.3 is 19.7 Å². The van der Waals surface area contributed by atoms with Crippen molar-refractivity contribution in [2.24, 2.45) is 0 Å². The number of ether oxygens (including phenoxy) is 2. The van der Waals surface area contributed by atoms with E-state index in [2.05, 4.69) is 69.6 Å². The number of aromatic nitrogens is 4. The van der Waals surface area contributed by atoms with Crippen LogP contribution in [-0.2, 0) is 6.61 Å². The van der Waals surface area contributed by atoms with Gasteiger partial charge >= 0.3 is 0 Å². The Hall–Kier alpha value is -3.26. The maximum atomic E-state index is 6.10. The van der Waals surface area contributed by atoms with E-state index < -0.39 is 0 Å². The molecule has 0 amide bonds. The van der Waals surface area contributed by atoms with Gasteiger partial charge in [0.05, 0.1) is 13.3 Å². The molecule has 1 unspecified atom stereocenters. The number of benzene rings is 1. The summed E-state index contributed by atoms with van der Waals surface area (Å²) >= 11 is 0. The summed E-state index contributed by atoms with van der Waals surface area (Å²) < 4.78 is 11.3. The Labute approximate surface area is 188 Å². The first-order chi connectivity index (χ1) is 15.4. The zero-order chi connectivity index (χ0) is 22.3. The highest BCUT2D eigenvalue weighted by molar-refractivity contribution is 5.76. The summed E-state index contributed by atoms with van der Waals surface area (Å²) in [4.78, 5) is 2.28. The van der Waals surface area contributed by atoms with E-state index in [0.29, 0.717) is 18.5 Å². The van der Waals surface area contributed by atoms with Crippen LogP contribution in [0.5, 0.6) is 11.6 Å². The highest BCUT2D eigenvalue weighted by Crippen LogP contribution is 2.39. The Balaban J connectivity index is 1.38. The van der Waals surface area contributed by atoms with E-state index in [-0.39, 0.29) is 5.54 Å². The molecule has 0 spiro atoms. The molecule has 0 saturated carbocycles. The first-order valence-electron chi connectivity index (χ1n) is 10.9. The molecule has 0 bridgehead atoms. The number of nitrogens with one attached hydrogen (secondary N) is 1. The van der Waals surface area contributed by atoms with Crippen molar-refractivity contribution in [2.75, 3.05) is 25.1 Å². The lowest BCUT2D eigenvalue weighted by Crippen LogP contribution is -2.45. The Morgan fingerprint density at radius 2 is 1.97 bits per heavy atom. The zero-order valence-electron chi connectivity index (χ0n) is 18.9. The number of hydrogen-bond donors (Lipinski definition) is 1. The maximum Gasteiger partial charge on any atom is 0.233 e. The van der Waals surface area contributed by atoms with Crippen LogP contribution in [0.3, 0.4) is 0 Å². The van der Waals surface area contributed by atoms with Gasteiger partial charge in [0.25, 0.3) is 0 Å². The molecule has 1 fully saturated rings. The second kappa shape index (κ2) is 8.02. The molecule has 1 N–H and O–H groups in total. The number of nitrogens with zero attached hydrogens (tertiary/aromatic N) is 5. The van der Waals surface area contributed by atoms with Crippen LogP contribution >= 0.6 is 0 Å². The van der Waals surface area contributed by atoms with Crippen LogP contribution in [0.4, 0.5) is 5.82 Å². The molecule has 2 aliphatic rings. The lowest BCUT2D eigenvalue weighted by Gasteiger charge is -2.26. The SMILES string of the molecule is COc1cc(-c2ccc3c(c2)COc2cc(N4CCC(NC(C)(C)C)C4)nnc2-3)cnn1. The van der Waals surface area contributed by atoms with Gasteiger partial charge in [0.15, 0.2) is 11.6 Å². The fourth-order valence-corrected chi connectivity index (χ4v) is 4.40. The second-order valence-corrected chi connectivity index (χ2v) is 9.39. The van der Waals surface area contributed by atoms with Crippen LogP contribution in [0.15, 0.2) is 36.5 Å². The molecule has 1 atom stereocenters. The lowest BCUT2D eigenvalue weighted by atomic mass is 9.97. The van der Waals surface area contributed by atoms with Crippen molar-refractivity contribution >= 4 is 5.82 Å². The summed E-state index contributed by atoms with van der Waals surface area (Å²) in [6.07, 6.45) is 2.82. The Morgan fingerprint density at radius 3 is 2.78 bits per heavy atom. The van der Waals surface area contributed by atoms with E-state index in [1.165, 1.54) is 0 Å². The standard InChI is InChI=1S/C24H28N6O2/c1-24(2,3)26-18-7-8-30(13-18)21-11-20-23(29-27-21)19-6-5-15(9-17(19)14-32-20)16-10-22(31-4)28-25-12-16/h5-6,9-12,18,26H,7-8,13-14H2,1-4H3. The van der Waals surface area contributed by atoms with E-state index in [9.17, 15) is 0 Å². The molecule has 8 heteroatoms. The highest BCUT2D eigenvalue weighted by atomic mass is 16.5. The van der Waals surface area contributed by atoms with Crippen molar-refractivity contribution in [1.82, 2.24) is 25.7 Å². The third-order valence-corrected chi connectivity index (χ3v) is 5.81. The van der Waals surface area contributed by atoms with Gasteiger partial charge in [-0.1, -0.05) is 12.1 Å². The van der Waals surface area contributed by atoms with Crippen molar-refractivity contribution in [1.29, 1.82) is 0 Å². The molecular weight excluding hydrogens is 404 g/mol. The fraction of sp³-hybridized carbons (Fsp3) is 0.417. The average molecular weight is 433 g/mol. The molecule has 32 heavy (non-hydrogen) atoms. The van der Waals surface area contributed by atoms with Crippen molar-refractivity contribution in [2.45, 2.75) is 45.4 Å². The maximum absolute atomic E-state index is 6.10. The molecule has 4 heterocycles. The van der Waals surface area contributed by atoms with Gasteiger partial charge in [0.1, 0.15) is 12.3 Å². The number of fused-ring (bicyclic) bond motifs is 3. The largest absolute Gasteiger partial charge is 0.486 e. The summed E-state index contributed by atoms with van der Waals surface area (Å²) in [5.74, 6) is 2.15. The Bertz CT molecular complexity index is 1140. The molecule has 5 rings (SSSR count). The van der Waals surface area contributed by atoms with Crippen LogP contribution in [0.1, 0.15) is 32.8 Å². The first-order valence-corrected chi connectivity index (χ1v) is 10.9. The van der Waals surface area contributed by atoms with Gasteiger partial charge in [-0.2, -0.15) is 5.10 Å². The molecular formula is C24H28N6O2. The minimum atomic E-state index is 0.103. The third-order valence-electron chi connectivity index (χ3n) is 5.81. The molecule has 0 radical (unpaired) electrons. The summed E-state index contributed by atoms with van der Waals surface area (Å²) in [5, 5.41) is 20.7. The molecule has 2 aromatic heterocycles. The molecule has 1 aromatic carbocycles. The number of methoxy groups -OCH3 is 1. The van der Waals surface area contributed by atoms with Crippen LogP contribution in [0.2, 0.25) is 0 Å². The summed E-state index contributed by atoms with van der Waals surface area (Å²) in [6, 6.07) is 10.6. The zero-order valence-corrected chi connectivity index (χ0v) is 18.9. The quantitative estimate of drug-likeness (QED) is 0.671. The van der Waals surface area contributed by atoms with Crippen molar-refractivity contribution in [3.8, 4) is 34.0 Å². The topological polar surface area (TPSA) is 85.3 Å². The Kier molecular flexibility index (Phi) is 5.17. The van der Waals surface area contributed by atoms with Crippen LogP contribution in [0.25, 0.3) is 22.4 Å².